The van der Waals surface area contributed by atoms with E-state index in [4.69, 9.17) is 0 Å². The van der Waals surface area contributed by atoms with E-state index < -0.39 is 30.1 Å². The second-order valence-electron chi connectivity index (χ2n) is 4.42. The van der Waals surface area contributed by atoms with Gasteiger partial charge in [0.25, 0.3) is 0 Å². The Hall–Kier alpha value is -0.191. The van der Waals surface area contributed by atoms with Crippen molar-refractivity contribution in [2.24, 2.45) is 0 Å². The summed E-state index contributed by atoms with van der Waals surface area (Å²) in [7, 11) is 0. The Bertz CT molecular complexity index is 359. The summed E-state index contributed by atoms with van der Waals surface area (Å²) in [6, 6.07) is 6.03. The summed E-state index contributed by atoms with van der Waals surface area (Å²) >= 11 is -2.51. The van der Waals surface area contributed by atoms with Gasteiger partial charge in [-0.25, -0.2) is 0 Å². The number of alkyl halides is 3. The minimum absolute atomic E-state index is 0.494. The van der Waals surface area contributed by atoms with Gasteiger partial charge in [-0.15, -0.1) is 0 Å². The van der Waals surface area contributed by atoms with Gasteiger partial charge in [0.2, 0.25) is 0 Å². The summed E-state index contributed by atoms with van der Waals surface area (Å²) < 4.78 is 42.3. The number of rotatable bonds is 4. The molecule has 0 aliphatic rings. The Kier molecular flexibility index (Phi) is 4.93. The van der Waals surface area contributed by atoms with Crippen LogP contribution in [0.2, 0.25) is 13.3 Å². The third-order valence-corrected chi connectivity index (χ3v) is 19.8. The van der Waals surface area contributed by atoms with Gasteiger partial charge in [0.1, 0.15) is 0 Å². The van der Waals surface area contributed by atoms with Gasteiger partial charge < -0.3 is 0 Å². The molecule has 0 aliphatic heterocycles. The fourth-order valence-electron chi connectivity index (χ4n) is 2.39. The average Bonchev–Trinajstić information content (AvgIpc) is 2.31. The van der Waals surface area contributed by atoms with Crippen LogP contribution in [0.5, 0.6) is 0 Å². The summed E-state index contributed by atoms with van der Waals surface area (Å²) in [6.45, 7) is 6.38. The molecule has 1 rings (SSSR count). The Morgan fingerprint density at radius 3 is 1.94 bits per heavy atom. The van der Waals surface area contributed by atoms with Crippen molar-refractivity contribution in [3.05, 3.63) is 29.8 Å². The number of benzene rings is 1. The van der Waals surface area contributed by atoms with Gasteiger partial charge in [0, 0.05) is 0 Å². The summed E-state index contributed by atoms with van der Waals surface area (Å²) in [4.78, 5) is 0. The van der Waals surface area contributed by atoms with Crippen LogP contribution < -0.4 is 3.58 Å². The van der Waals surface area contributed by atoms with Gasteiger partial charge in [0.15, 0.2) is 0 Å². The number of hydrogen-bond acceptors (Lipinski definition) is 0. The monoisotopic (exact) mass is 352 g/mol. The molecule has 0 aliphatic carbocycles. The summed E-state index contributed by atoms with van der Waals surface area (Å²) in [5.74, 6) is 0. The molecule has 0 N–H and O–H groups in total. The molecule has 0 spiro atoms. The van der Waals surface area contributed by atoms with E-state index in [-0.39, 0.29) is 0 Å². The molecule has 1 aromatic carbocycles. The van der Waals surface area contributed by atoms with E-state index in [1.807, 2.05) is 6.07 Å². The number of hydrogen-bond donors (Lipinski definition) is 0. The normalized spacial score (nSPS) is 12.8. The fraction of sp³-hybridized carbons (Fsp3) is 0.538. The Morgan fingerprint density at radius 1 is 1.00 bits per heavy atom. The molecule has 96 valence electrons. The molecular weight excluding hydrogens is 332 g/mol. The van der Waals surface area contributed by atoms with E-state index >= 15 is 0 Å². The Balaban J connectivity index is 3.23. The maximum atomic E-state index is 12.7. The van der Waals surface area contributed by atoms with Crippen molar-refractivity contribution in [2.45, 2.75) is 40.3 Å². The van der Waals surface area contributed by atoms with Crippen LogP contribution in [-0.2, 0) is 6.18 Å². The van der Waals surface area contributed by atoms with Gasteiger partial charge in [-0.3, -0.25) is 0 Å². The van der Waals surface area contributed by atoms with E-state index in [0.29, 0.717) is 0 Å². The second kappa shape index (κ2) is 5.63. The minimum atomic E-state index is -4.22. The molecule has 0 heterocycles. The molecule has 0 aromatic heterocycles. The predicted octanol–water partition coefficient (Wildman–Crippen LogP) is 4.42. The van der Waals surface area contributed by atoms with E-state index in [9.17, 15) is 13.2 Å². The quantitative estimate of drug-likeness (QED) is 0.705. The summed E-state index contributed by atoms with van der Waals surface area (Å²) in [5.41, 5.74) is -0.494. The molecule has 0 fully saturated rings. The Morgan fingerprint density at radius 2 is 1.53 bits per heavy atom. The molecular formula is C13H19F3Sn. The van der Waals surface area contributed by atoms with Crippen LogP contribution in [0, 0.1) is 0 Å². The van der Waals surface area contributed by atoms with Crippen LogP contribution in [0.3, 0.4) is 0 Å². The van der Waals surface area contributed by atoms with Gasteiger partial charge in [0.05, 0.1) is 0 Å². The van der Waals surface area contributed by atoms with Crippen molar-refractivity contribution in [1.29, 1.82) is 0 Å². The van der Waals surface area contributed by atoms with Gasteiger partial charge in [-0.05, 0) is 0 Å². The van der Waals surface area contributed by atoms with Gasteiger partial charge in [-0.1, -0.05) is 0 Å². The van der Waals surface area contributed by atoms with Crippen LogP contribution in [-0.4, -0.2) is 18.4 Å². The Labute approximate surface area is 105 Å². The van der Waals surface area contributed by atoms with Crippen LogP contribution in [0.4, 0.5) is 13.2 Å². The zero-order chi connectivity index (χ0) is 13.1. The zero-order valence-electron chi connectivity index (χ0n) is 10.6. The molecule has 17 heavy (non-hydrogen) atoms. The van der Waals surface area contributed by atoms with Crippen LogP contribution >= 0.6 is 0 Å². The van der Waals surface area contributed by atoms with Crippen molar-refractivity contribution in [1.82, 2.24) is 0 Å². The first kappa shape index (κ1) is 14.9. The molecule has 0 saturated carbocycles. The standard InChI is InChI=1S/C7H4F3.3C2H5.Sn/c8-7(9,10)6-4-2-1-3-5-6;3*1-2;/h1-2,4-5H;3*1H2,2H3;. The fourth-order valence-corrected chi connectivity index (χ4v) is 12.8. The van der Waals surface area contributed by atoms with Crippen LogP contribution in [0.1, 0.15) is 26.3 Å². The molecule has 0 saturated heterocycles. The van der Waals surface area contributed by atoms with Crippen molar-refractivity contribution < 1.29 is 13.2 Å². The van der Waals surface area contributed by atoms with Crippen molar-refractivity contribution in [3.63, 3.8) is 0 Å². The van der Waals surface area contributed by atoms with Gasteiger partial charge >= 0.3 is 105 Å². The van der Waals surface area contributed by atoms with Crippen molar-refractivity contribution >= 4 is 22.0 Å². The second-order valence-corrected chi connectivity index (χ2v) is 19.4. The third-order valence-electron chi connectivity index (χ3n) is 3.83. The predicted molar refractivity (Wildman–Crippen MR) is 68.3 cm³/mol. The van der Waals surface area contributed by atoms with Crippen molar-refractivity contribution in [2.75, 3.05) is 0 Å². The first-order valence-corrected chi connectivity index (χ1v) is 13.6. The summed E-state index contributed by atoms with van der Waals surface area (Å²) in [5, 5.41) is 0. The molecule has 0 nitrogen and oxygen atoms in total. The molecule has 0 bridgehead atoms. The van der Waals surface area contributed by atoms with Crippen molar-refractivity contribution in [3.8, 4) is 0 Å². The maximum absolute atomic E-state index is 12.7. The van der Waals surface area contributed by atoms with E-state index in [2.05, 4.69) is 20.8 Å². The zero-order valence-corrected chi connectivity index (χ0v) is 13.4. The van der Waals surface area contributed by atoms with E-state index in [1.165, 1.54) is 12.1 Å². The molecule has 0 unspecified atom stereocenters. The molecule has 0 atom stereocenters. The number of halogens is 3. The van der Waals surface area contributed by atoms with Crippen LogP contribution in [0.15, 0.2) is 24.3 Å². The van der Waals surface area contributed by atoms with E-state index in [1.54, 1.807) is 6.07 Å². The first-order valence-electron chi connectivity index (χ1n) is 6.07. The third kappa shape index (κ3) is 3.18. The summed E-state index contributed by atoms with van der Waals surface area (Å²) in [6.07, 6.45) is -4.22. The van der Waals surface area contributed by atoms with E-state index in [0.717, 1.165) is 16.9 Å². The molecule has 4 heteroatoms. The molecule has 0 radical (unpaired) electrons. The SMILES string of the molecule is C[CH2][Sn]([CH2]C)([CH2]C)[c]1cccc(C(F)(F)F)c1. The molecule has 0 amide bonds. The van der Waals surface area contributed by atoms with Crippen LogP contribution in [0.25, 0.3) is 0 Å². The van der Waals surface area contributed by atoms with Gasteiger partial charge in [-0.2, -0.15) is 0 Å². The first-order chi connectivity index (χ1) is 7.89. The molecule has 1 aromatic rings. The topological polar surface area (TPSA) is 0 Å². The average molecular weight is 351 g/mol.